The van der Waals surface area contributed by atoms with Crippen LogP contribution < -0.4 is 10.4 Å². The van der Waals surface area contributed by atoms with E-state index in [0.29, 0.717) is 5.70 Å². The van der Waals surface area contributed by atoms with Crippen molar-refractivity contribution >= 4 is 22.7 Å². The predicted octanol–water partition coefficient (Wildman–Crippen LogP) is 2.92. The van der Waals surface area contributed by atoms with E-state index in [9.17, 15) is 23.9 Å². The number of ketones is 1. The Balaban J connectivity index is 1.14. The lowest BCUT2D eigenvalue weighted by atomic mass is 9.86. The van der Waals surface area contributed by atoms with Crippen molar-refractivity contribution < 1.29 is 23.8 Å². The first-order valence-electron chi connectivity index (χ1n) is 15.1. The molecule has 2 aromatic carbocycles. The van der Waals surface area contributed by atoms with E-state index in [4.69, 9.17) is 4.74 Å². The van der Waals surface area contributed by atoms with Crippen molar-refractivity contribution in [3.8, 4) is 5.75 Å². The minimum Gasteiger partial charge on any atom is -0.451 e. The molecule has 11 heteroatoms. The summed E-state index contributed by atoms with van der Waals surface area (Å²) in [6.45, 7) is 4.60. The van der Waals surface area contributed by atoms with Crippen molar-refractivity contribution in [2.45, 2.75) is 32.2 Å². The molecule has 2 N–H and O–H groups in total. The third-order valence-corrected chi connectivity index (χ3v) is 9.03. The van der Waals surface area contributed by atoms with Gasteiger partial charge in [0.2, 0.25) is 5.78 Å². The molecule has 1 aromatic heterocycles. The quantitative estimate of drug-likeness (QED) is 0.387. The van der Waals surface area contributed by atoms with E-state index in [1.165, 1.54) is 17.0 Å². The lowest BCUT2D eigenvalue weighted by Crippen LogP contribution is -2.33. The first kappa shape index (κ1) is 29.8. The minimum atomic E-state index is -0.550. The van der Waals surface area contributed by atoms with Crippen LogP contribution in [0.2, 0.25) is 0 Å². The zero-order chi connectivity index (χ0) is 31.0. The number of benzene rings is 2. The average molecular weight is 604 g/mol. The molecule has 44 heavy (non-hydrogen) atoms. The van der Waals surface area contributed by atoms with Crippen LogP contribution in [0.5, 0.6) is 5.75 Å². The summed E-state index contributed by atoms with van der Waals surface area (Å²) in [6, 6.07) is 9.79. The average Bonchev–Trinajstić information content (AvgIpc) is 3.70. The van der Waals surface area contributed by atoms with Crippen molar-refractivity contribution in [1.29, 1.82) is 0 Å². The molecule has 10 nitrogen and oxygen atoms in total. The summed E-state index contributed by atoms with van der Waals surface area (Å²) in [5.41, 5.74) is 3.40. The van der Waals surface area contributed by atoms with Crippen molar-refractivity contribution in [3.05, 3.63) is 87.4 Å². The number of aromatic amines is 1. The molecule has 3 aliphatic rings. The zero-order valence-electron chi connectivity index (χ0n) is 25.1. The van der Waals surface area contributed by atoms with Gasteiger partial charge in [-0.25, -0.2) is 9.18 Å². The number of imidazole rings is 1. The summed E-state index contributed by atoms with van der Waals surface area (Å²) in [5.74, 6) is -0.768. The number of carbonyl (C=O) groups excluding carboxylic acids is 2. The van der Waals surface area contributed by atoms with E-state index in [0.717, 1.165) is 74.6 Å². The van der Waals surface area contributed by atoms with Crippen LogP contribution in [0, 0.1) is 11.2 Å². The van der Waals surface area contributed by atoms with Crippen LogP contribution in [0.1, 0.15) is 35.2 Å². The van der Waals surface area contributed by atoms with Crippen LogP contribution >= 0.6 is 0 Å². The lowest BCUT2D eigenvalue weighted by molar-refractivity contribution is -0.117. The second-order valence-corrected chi connectivity index (χ2v) is 12.3. The SMILES string of the molecule is CN(C)C(=O)c1cc(F)ccc1OC1=C(N2CCC3(CCN(CCc4ccc5c(c4)[nH]c(=O)n5CCO)C3)C2)C=CCC1=O. The maximum Gasteiger partial charge on any atom is 0.326 e. The summed E-state index contributed by atoms with van der Waals surface area (Å²) < 4.78 is 21.7. The number of aliphatic hydroxyl groups excluding tert-OH is 1. The van der Waals surface area contributed by atoms with Gasteiger partial charge in [0.05, 0.1) is 35.4 Å². The van der Waals surface area contributed by atoms with Crippen molar-refractivity contribution in [3.63, 3.8) is 0 Å². The van der Waals surface area contributed by atoms with Crippen LogP contribution in [0.4, 0.5) is 4.39 Å². The van der Waals surface area contributed by atoms with E-state index in [1.807, 2.05) is 30.4 Å². The monoisotopic (exact) mass is 603 g/mol. The fourth-order valence-corrected chi connectivity index (χ4v) is 6.72. The largest absolute Gasteiger partial charge is 0.451 e. The lowest BCUT2D eigenvalue weighted by Gasteiger charge is -2.28. The molecule has 0 bridgehead atoms. The van der Waals surface area contributed by atoms with E-state index in [2.05, 4.69) is 14.8 Å². The molecule has 3 aromatic rings. The third-order valence-electron chi connectivity index (χ3n) is 9.03. The molecular weight excluding hydrogens is 565 g/mol. The van der Waals surface area contributed by atoms with Gasteiger partial charge in [0.1, 0.15) is 11.6 Å². The Kier molecular flexibility index (Phi) is 8.17. The Bertz CT molecular complexity index is 1720. The fraction of sp³-hybridized carbons (Fsp3) is 0.424. The number of H-pyrrole nitrogens is 1. The molecule has 1 spiro atoms. The Morgan fingerprint density at radius 2 is 1.91 bits per heavy atom. The smallest absolute Gasteiger partial charge is 0.326 e. The summed E-state index contributed by atoms with van der Waals surface area (Å²) >= 11 is 0. The molecule has 2 aliphatic heterocycles. The van der Waals surface area contributed by atoms with Crippen LogP contribution in [0.15, 0.2) is 64.8 Å². The number of hydrogen-bond acceptors (Lipinski definition) is 7. The molecule has 232 valence electrons. The summed E-state index contributed by atoms with van der Waals surface area (Å²) in [7, 11) is 3.17. The third kappa shape index (κ3) is 5.81. The van der Waals surface area contributed by atoms with Gasteiger partial charge in [-0.15, -0.1) is 0 Å². The van der Waals surface area contributed by atoms with E-state index < -0.39 is 11.7 Å². The Labute approximate surface area is 255 Å². The van der Waals surface area contributed by atoms with Crippen molar-refractivity contribution in [1.82, 2.24) is 24.3 Å². The highest BCUT2D eigenvalue weighted by Crippen LogP contribution is 2.42. The number of carbonyl (C=O) groups is 2. The highest BCUT2D eigenvalue weighted by molar-refractivity contribution is 5.99. The van der Waals surface area contributed by atoms with Crippen LogP contribution in [0.25, 0.3) is 11.0 Å². The van der Waals surface area contributed by atoms with Gasteiger partial charge in [0.25, 0.3) is 5.91 Å². The van der Waals surface area contributed by atoms with E-state index in [1.54, 1.807) is 18.7 Å². The van der Waals surface area contributed by atoms with Gasteiger partial charge >= 0.3 is 5.69 Å². The number of hydrogen-bond donors (Lipinski definition) is 2. The van der Waals surface area contributed by atoms with Crippen LogP contribution in [0.3, 0.4) is 0 Å². The van der Waals surface area contributed by atoms with Crippen molar-refractivity contribution in [2.75, 3.05) is 53.4 Å². The Morgan fingerprint density at radius 3 is 2.70 bits per heavy atom. The highest BCUT2D eigenvalue weighted by atomic mass is 19.1. The maximum absolute atomic E-state index is 14.1. The number of nitrogens with one attached hydrogen (secondary N) is 1. The summed E-state index contributed by atoms with van der Waals surface area (Å²) in [4.78, 5) is 47.0. The first-order valence-corrected chi connectivity index (χ1v) is 15.1. The second kappa shape index (κ2) is 12.0. The molecule has 3 heterocycles. The molecule has 1 atom stereocenters. The molecule has 1 unspecified atom stereocenters. The topological polar surface area (TPSA) is 111 Å². The molecule has 1 aliphatic carbocycles. The number of amides is 1. The molecule has 0 saturated carbocycles. The fourth-order valence-electron chi connectivity index (χ4n) is 6.72. The first-order chi connectivity index (χ1) is 21.2. The van der Waals surface area contributed by atoms with E-state index in [-0.39, 0.29) is 53.5 Å². The number of allylic oxidation sites excluding steroid dienone is 3. The Morgan fingerprint density at radius 1 is 1.09 bits per heavy atom. The molecular formula is C33H38FN5O5. The maximum atomic E-state index is 14.1. The number of halogens is 1. The van der Waals surface area contributed by atoms with Gasteiger partial charge in [-0.3, -0.25) is 14.2 Å². The molecule has 0 radical (unpaired) electrons. The minimum absolute atomic E-state index is 0.0711. The Hall–Kier alpha value is -4.22. The zero-order valence-corrected chi connectivity index (χ0v) is 25.1. The van der Waals surface area contributed by atoms with Gasteiger partial charge in [-0.1, -0.05) is 12.1 Å². The standard InChI is InChI=1S/C33H38FN5O5/c1-36(2)31(42)24-19-23(34)7-9-29(24)44-30-27(4-3-5-28(30)41)38-15-12-33(21-38)11-14-37(20-33)13-10-22-6-8-26-25(18-22)35-32(43)39(26)16-17-40/h3-4,6-9,18-19,40H,5,10-17,20-21H2,1-2H3,(H,35,43). The van der Waals surface area contributed by atoms with Gasteiger partial charge in [0.15, 0.2) is 5.76 Å². The predicted molar refractivity (Wildman–Crippen MR) is 164 cm³/mol. The highest BCUT2D eigenvalue weighted by Gasteiger charge is 2.44. The molecule has 2 saturated heterocycles. The molecule has 2 fully saturated rings. The van der Waals surface area contributed by atoms with E-state index >= 15 is 0 Å². The molecule has 6 rings (SSSR count). The van der Waals surface area contributed by atoms with Gasteiger partial charge in [0, 0.05) is 52.1 Å². The number of nitrogens with zero attached hydrogens (tertiary/aromatic N) is 4. The van der Waals surface area contributed by atoms with Gasteiger partial charge in [-0.05, 0) is 67.8 Å². The number of likely N-dealkylation sites (tertiary alicyclic amines) is 2. The summed E-state index contributed by atoms with van der Waals surface area (Å²) in [6.07, 6.45) is 6.88. The second-order valence-electron chi connectivity index (χ2n) is 12.3. The number of aromatic nitrogens is 2. The van der Waals surface area contributed by atoms with Gasteiger partial charge in [-0.2, -0.15) is 0 Å². The number of fused-ring (bicyclic) bond motifs is 1. The number of Topliss-reactive ketones (excluding diaryl/α,β-unsaturated/α-hetero) is 1. The van der Waals surface area contributed by atoms with Crippen LogP contribution in [-0.4, -0.2) is 94.5 Å². The molecule has 1 amide bonds. The van der Waals surface area contributed by atoms with Gasteiger partial charge < -0.3 is 29.5 Å². The number of aliphatic hydroxyl groups is 1. The normalized spacial score (nSPS) is 20.5. The van der Waals surface area contributed by atoms with Crippen LogP contribution in [-0.2, 0) is 17.8 Å². The number of rotatable bonds is 9. The summed E-state index contributed by atoms with van der Waals surface area (Å²) in [5, 5.41) is 9.26. The van der Waals surface area contributed by atoms with Crippen molar-refractivity contribution in [2.24, 2.45) is 5.41 Å². The number of ether oxygens (including phenoxy) is 1.